The highest BCUT2D eigenvalue weighted by molar-refractivity contribution is 5.94. The Balaban J connectivity index is 0.00000208. The van der Waals surface area contributed by atoms with Crippen LogP contribution in [0.2, 0.25) is 0 Å². The topological polar surface area (TPSA) is 62.6 Å². The molecule has 2 heterocycles. The summed E-state index contributed by atoms with van der Waals surface area (Å²) in [6, 6.07) is 10.8. The number of nitrogens with one attached hydrogen (secondary N) is 1. The first-order valence-electron chi connectivity index (χ1n) is 7.79. The van der Waals surface area contributed by atoms with Gasteiger partial charge in [0.15, 0.2) is 11.5 Å². The third-order valence-corrected chi connectivity index (χ3v) is 4.15. The largest absolute Gasteiger partial charge is 0.451 e. The molecule has 1 aromatic carbocycles. The fourth-order valence-corrected chi connectivity index (χ4v) is 2.76. The van der Waals surface area contributed by atoms with E-state index in [1.165, 1.54) is 6.92 Å². The Morgan fingerprint density at radius 3 is 2.50 bits per heavy atom. The lowest BCUT2D eigenvalue weighted by Gasteiger charge is -2.33. The normalized spacial score (nSPS) is 17.2. The van der Waals surface area contributed by atoms with Crippen LogP contribution in [0.3, 0.4) is 0 Å². The average Bonchev–Trinajstić information content (AvgIpc) is 3.05. The number of amides is 1. The predicted molar refractivity (Wildman–Crippen MR) is 94.8 cm³/mol. The molecule has 5 nitrogen and oxygen atoms in total. The average molecular weight is 349 g/mol. The van der Waals surface area contributed by atoms with Crippen LogP contribution in [0.15, 0.2) is 40.8 Å². The molecule has 0 saturated carbocycles. The summed E-state index contributed by atoms with van der Waals surface area (Å²) in [4.78, 5) is 25.7. The Morgan fingerprint density at radius 1 is 1.17 bits per heavy atom. The van der Waals surface area contributed by atoms with Gasteiger partial charge in [-0.25, -0.2) is 0 Å². The van der Waals surface area contributed by atoms with Crippen LogP contribution in [0.5, 0.6) is 0 Å². The summed E-state index contributed by atoms with van der Waals surface area (Å²) >= 11 is 0. The van der Waals surface area contributed by atoms with E-state index in [4.69, 9.17) is 4.42 Å². The van der Waals surface area contributed by atoms with Crippen LogP contribution in [-0.2, 0) is 0 Å². The summed E-state index contributed by atoms with van der Waals surface area (Å²) in [7, 11) is 0. The van der Waals surface area contributed by atoms with Crippen molar-refractivity contribution in [3.63, 3.8) is 0 Å². The van der Waals surface area contributed by atoms with Crippen LogP contribution in [0.4, 0.5) is 0 Å². The lowest BCUT2D eigenvalue weighted by atomic mass is 10.1. The summed E-state index contributed by atoms with van der Waals surface area (Å²) in [5.74, 6) is 0.931. The molecule has 24 heavy (non-hydrogen) atoms. The minimum absolute atomic E-state index is 0. The highest BCUT2D eigenvalue weighted by atomic mass is 35.5. The van der Waals surface area contributed by atoms with Gasteiger partial charge in [0.05, 0.1) is 0 Å². The summed E-state index contributed by atoms with van der Waals surface area (Å²) in [6.07, 6.45) is 0. The molecule has 3 rings (SSSR count). The molecule has 1 aliphatic heterocycles. The number of hydrogen-bond acceptors (Lipinski definition) is 4. The molecule has 0 bridgehead atoms. The number of nitrogens with zero attached hydrogens (tertiary/aromatic N) is 1. The van der Waals surface area contributed by atoms with Gasteiger partial charge in [-0.3, -0.25) is 9.59 Å². The molecule has 0 spiro atoms. The molecule has 1 aromatic heterocycles. The van der Waals surface area contributed by atoms with Gasteiger partial charge in [-0.1, -0.05) is 24.3 Å². The molecule has 128 valence electrons. The van der Waals surface area contributed by atoms with Crippen molar-refractivity contribution in [1.82, 2.24) is 10.2 Å². The summed E-state index contributed by atoms with van der Waals surface area (Å²) in [5.41, 5.74) is 1.51. The van der Waals surface area contributed by atoms with E-state index < -0.39 is 0 Å². The molecular formula is C18H21ClN2O3. The smallest absolute Gasteiger partial charge is 0.289 e. The Hall–Kier alpha value is -2.11. The third-order valence-electron chi connectivity index (χ3n) is 4.15. The van der Waals surface area contributed by atoms with Crippen molar-refractivity contribution in [2.75, 3.05) is 19.6 Å². The van der Waals surface area contributed by atoms with Gasteiger partial charge in [-0.2, -0.15) is 0 Å². The number of carbonyl (C=O) groups is 2. The maximum atomic E-state index is 12.6. The lowest BCUT2D eigenvalue weighted by molar-refractivity contribution is 0.0624. The molecule has 1 fully saturated rings. The van der Waals surface area contributed by atoms with Crippen molar-refractivity contribution in [1.29, 1.82) is 0 Å². The molecule has 0 unspecified atom stereocenters. The number of hydrogen-bond donors (Lipinski definition) is 1. The summed E-state index contributed by atoms with van der Waals surface area (Å²) in [6.45, 7) is 5.84. The van der Waals surface area contributed by atoms with Gasteiger partial charge in [0.2, 0.25) is 0 Å². The van der Waals surface area contributed by atoms with Gasteiger partial charge >= 0.3 is 0 Å². The Morgan fingerprint density at radius 2 is 1.88 bits per heavy atom. The number of benzene rings is 1. The van der Waals surface area contributed by atoms with Gasteiger partial charge in [0.1, 0.15) is 5.76 Å². The molecule has 1 saturated heterocycles. The van der Waals surface area contributed by atoms with E-state index in [-0.39, 0.29) is 30.1 Å². The number of carbonyl (C=O) groups excluding carboxylic acids is 2. The predicted octanol–water partition coefficient (Wildman–Crippen LogP) is 3.00. The monoisotopic (exact) mass is 348 g/mol. The Labute approximate surface area is 147 Å². The van der Waals surface area contributed by atoms with E-state index in [1.54, 1.807) is 24.3 Å². The van der Waals surface area contributed by atoms with E-state index in [1.807, 2.05) is 24.0 Å². The number of piperazine rings is 1. The van der Waals surface area contributed by atoms with Crippen LogP contribution in [0.1, 0.15) is 34.8 Å². The molecule has 0 aliphatic carbocycles. The van der Waals surface area contributed by atoms with E-state index in [0.717, 1.165) is 18.7 Å². The quantitative estimate of drug-likeness (QED) is 0.866. The molecule has 2 aromatic rings. The number of Topliss-reactive ketones (excluding diaryl/α,β-unsaturated/α-hetero) is 1. The Bertz CT molecular complexity index is 724. The number of halogens is 1. The highest BCUT2D eigenvalue weighted by Gasteiger charge is 2.26. The van der Waals surface area contributed by atoms with Crippen molar-refractivity contribution >= 4 is 24.1 Å². The fraction of sp³-hybridized carbons (Fsp3) is 0.333. The van der Waals surface area contributed by atoms with E-state index >= 15 is 0 Å². The second-order valence-corrected chi connectivity index (χ2v) is 5.85. The summed E-state index contributed by atoms with van der Waals surface area (Å²) < 4.78 is 5.74. The second-order valence-electron chi connectivity index (χ2n) is 5.85. The first-order valence-corrected chi connectivity index (χ1v) is 7.79. The SMILES string of the molecule is CC(=O)c1ccc(-c2ccc(C(=O)N3CCNC[C@@H]3C)o2)cc1.Cl. The maximum absolute atomic E-state index is 12.6. The lowest BCUT2D eigenvalue weighted by Crippen LogP contribution is -2.52. The van der Waals surface area contributed by atoms with Crippen molar-refractivity contribution < 1.29 is 14.0 Å². The van der Waals surface area contributed by atoms with E-state index in [2.05, 4.69) is 5.32 Å². The van der Waals surface area contributed by atoms with Crippen LogP contribution in [-0.4, -0.2) is 42.3 Å². The standard InChI is InChI=1S/C18H20N2O3.ClH/c1-12-11-19-9-10-20(12)18(22)17-8-7-16(23-17)15-5-3-14(4-6-15)13(2)21;/h3-8,12,19H,9-11H2,1-2H3;1H/t12-;/m0./s1. The van der Waals surface area contributed by atoms with Crippen LogP contribution >= 0.6 is 12.4 Å². The fourth-order valence-electron chi connectivity index (χ4n) is 2.76. The van der Waals surface area contributed by atoms with Gasteiger partial charge < -0.3 is 14.6 Å². The van der Waals surface area contributed by atoms with Gasteiger partial charge in [0.25, 0.3) is 5.91 Å². The number of rotatable bonds is 3. The number of ketones is 1. The Kier molecular flexibility index (Phi) is 5.80. The second kappa shape index (κ2) is 7.64. The zero-order chi connectivity index (χ0) is 16.4. The van der Waals surface area contributed by atoms with Crippen molar-refractivity contribution in [2.45, 2.75) is 19.9 Å². The minimum Gasteiger partial charge on any atom is -0.451 e. The molecule has 1 amide bonds. The van der Waals surface area contributed by atoms with Crippen LogP contribution in [0.25, 0.3) is 11.3 Å². The van der Waals surface area contributed by atoms with Crippen molar-refractivity contribution in [3.05, 3.63) is 47.7 Å². The number of furan rings is 1. The molecule has 1 N–H and O–H groups in total. The van der Waals surface area contributed by atoms with Crippen LogP contribution < -0.4 is 5.32 Å². The van der Waals surface area contributed by atoms with E-state index in [9.17, 15) is 9.59 Å². The highest BCUT2D eigenvalue weighted by Crippen LogP contribution is 2.24. The van der Waals surface area contributed by atoms with E-state index in [0.29, 0.717) is 23.6 Å². The van der Waals surface area contributed by atoms with Crippen molar-refractivity contribution in [3.8, 4) is 11.3 Å². The molecule has 1 atom stereocenters. The van der Waals surface area contributed by atoms with Gasteiger partial charge in [-0.15, -0.1) is 12.4 Å². The first-order chi connectivity index (χ1) is 11.1. The molecule has 0 radical (unpaired) electrons. The molecular weight excluding hydrogens is 328 g/mol. The molecule has 6 heteroatoms. The molecule has 1 aliphatic rings. The van der Waals surface area contributed by atoms with Gasteiger partial charge in [-0.05, 0) is 26.0 Å². The zero-order valence-electron chi connectivity index (χ0n) is 13.7. The zero-order valence-corrected chi connectivity index (χ0v) is 14.6. The maximum Gasteiger partial charge on any atom is 0.289 e. The van der Waals surface area contributed by atoms with Crippen LogP contribution in [0, 0.1) is 0 Å². The summed E-state index contributed by atoms with van der Waals surface area (Å²) in [5, 5.41) is 3.26. The van der Waals surface area contributed by atoms with Gasteiger partial charge in [0, 0.05) is 36.8 Å². The first kappa shape index (κ1) is 18.2. The van der Waals surface area contributed by atoms with Crippen molar-refractivity contribution in [2.24, 2.45) is 0 Å². The minimum atomic E-state index is -0.0781. The third kappa shape index (κ3) is 3.68.